The molecule has 6 heteroatoms. The van der Waals surface area contributed by atoms with Gasteiger partial charge in [0, 0.05) is 5.02 Å². The number of halogens is 1. The number of carbonyl (C=O) groups is 2. The summed E-state index contributed by atoms with van der Waals surface area (Å²) >= 11 is 5.85. The highest BCUT2D eigenvalue weighted by Crippen LogP contribution is 2.21. The molecule has 0 fully saturated rings. The Labute approximate surface area is 145 Å². The minimum atomic E-state index is -1.03. The molecular formula is C18H17ClO5. The maximum Gasteiger partial charge on any atom is 0.352 e. The Hall–Kier alpha value is -2.53. The molecule has 5 nitrogen and oxygen atoms in total. The summed E-state index contributed by atoms with van der Waals surface area (Å²) in [5.74, 6) is -0.409. The molecule has 1 unspecified atom stereocenters. The molecule has 0 bridgehead atoms. The molecule has 2 aromatic carbocycles. The van der Waals surface area contributed by atoms with Gasteiger partial charge < -0.3 is 14.2 Å². The van der Waals surface area contributed by atoms with Crippen LogP contribution in [0.15, 0.2) is 48.5 Å². The van der Waals surface area contributed by atoms with Gasteiger partial charge in [-0.3, -0.25) is 0 Å². The van der Waals surface area contributed by atoms with Crippen LogP contribution < -0.4 is 9.47 Å². The number of esters is 2. The minimum Gasteiger partial charge on any atom is -0.482 e. The lowest BCUT2D eigenvalue weighted by Gasteiger charge is -2.13. The zero-order valence-corrected chi connectivity index (χ0v) is 14.1. The second-order valence-corrected chi connectivity index (χ2v) is 5.50. The summed E-state index contributed by atoms with van der Waals surface area (Å²) in [6, 6.07) is 13.6. The van der Waals surface area contributed by atoms with Crippen molar-refractivity contribution in [3.63, 3.8) is 0 Å². The van der Waals surface area contributed by atoms with Crippen LogP contribution in [0.1, 0.15) is 12.5 Å². The Morgan fingerprint density at radius 3 is 2.50 bits per heavy atom. The standard InChI is InChI=1S/C18H17ClO5/c1-12-10-14(19)8-9-16(12)22-11-17(20)23-13(2)18(21)24-15-6-4-3-5-7-15/h3-10,13H,11H2,1-2H3. The van der Waals surface area contributed by atoms with E-state index in [1.807, 2.05) is 6.92 Å². The van der Waals surface area contributed by atoms with Crippen molar-refractivity contribution in [3.8, 4) is 11.5 Å². The molecular weight excluding hydrogens is 332 g/mol. The van der Waals surface area contributed by atoms with Crippen LogP contribution in [0.2, 0.25) is 5.02 Å². The number of para-hydroxylation sites is 1. The number of rotatable bonds is 6. The second-order valence-electron chi connectivity index (χ2n) is 5.06. The first-order chi connectivity index (χ1) is 11.5. The summed E-state index contributed by atoms with van der Waals surface area (Å²) in [7, 11) is 0. The third-order valence-electron chi connectivity index (χ3n) is 3.08. The Bertz CT molecular complexity index is 715. The lowest BCUT2D eigenvalue weighted by molar-refractivity contribution is -0.162. The van der Waals surface area contributed by atoms with Gasteiger partial charge in [-0.2, -0.15) is 0 Å². The summed E-state index contributed by atoms with van der Waals surface area (Å²) in [6.07, 6.45) is -1.03. The van der Waals surface area contributed by atoms with Crippen molar-refractivity contribution in [1.29, 1.82) is 0 Å². The van der Waals surface area contributed by atoms with Crippen LogP contribution in [0.25, 0.3) is 0 Å². The van der Waals surface area contributed by atoms with Gasteiger partial charge in [-0.05, 0) is 49.7 Å². The molecule has 0 aliphatic carbocycles. The quantitative estimate of drug-likeness (QED) is 0.590. The smallest absolute Gasteiger partial charge is 0.352 e. The van der Waals surface area contributed by atoms with E-state index in [0.29, 0.717) is 16.5 Å². The first-order valence-corrected chi connectivity index (χ1v) is 7.68. The van der Waals surface area contributed by atoms with E-state index in [1.165, 1.54) is 6.92 Å². The molecule has 0 heterocycles. The summed E-state index contributed by atoms with van der Waals surface area (Å²) in [5, 5.41) is 0.583. The van der Waals surface area contributed by atoms with Gasteiger partial charge in [0.1, 0.15) is 11.5 Å². The summed E-state index contributed by atoms with van der Waals surface area (Å²) in [5.41, 5.74) is 0.798. The molecule has 126 valence electrons. The molecule has 1 atom stereocenters. The van der Waals surface area contributed by atoms with Crippen LogP contribution in [0.3, 0.4) is 0 Å². The number of benzene rings is 2. The molecule has 0 aliphatic heterocycles. The molecule has 24 heavy (non-hydrogen) atoms. The first kappa shape index (κ1) is 17.8. The van der Waals surface area contributed by atoms with E-state index in [0.717, 1.165) is 5.56 Å². The Balaban J connectivity index is 1.81. The third kappa shape index (κ3) is 5.28. The zero-order chi connectivity index (χ0) is 17.5. The van der Waals surface area contributed by atoms with Gasteiger partial charge in [0.15, 0.2) is 12.7 Å². The van der Waals surface area contributed by atoms with E-state index in [4.69, 9.17) is 25.8 Å². The van der Waals surface area contributed by atoms with Gasteiger partial charge in [-0.1, -0.05) is 29.8 Å². The molecule has 0 saturated carbocycles. The summed E-state index contributed by atoms with van der Waals surface area (Å²) < 4.78 is 15.5. The first-order valence-electron chi connectivity index (χ1n) is 7.31. The highest BCUT2D eigenvalue weighted by Gasteiger charge is 2.20. The fourth-order valence-corrected chi connectivity index (χ4v) is 2.11. The lowest BCUT2D eigenvalue weighted by Crippen LogP contribution is -2.30. The van der Waals surface area contributed by atoms with Crippen LogP contribution in [0.4, 0.5) is 0 Å². The van der Waals surface area contributed by atoms with Crippen LogP contribution in [-0.2, 0) is 14.3 Å². The van der Waals surface area contributed by atoms with Crippen molar-refractivity contribution < 1.29 is 23.8 Å². The van der Waals surface area contributed by atoms with Gasteiger partial charge in [0.2, 0.25) is 0 Å². The number of aryl methyl sites for hydroxylation is 1. The van der Waals surface area contributed by atoms with Gasteiger partial charge in [-0.25, -0.2) is 9.59 Å². The van der Waals surface area contributed by atoms with E-state index in [9.17, 15) is 9.59 Å². The van der Waals surface area contributed by atoms with E-state index >= 15 is 0 Å². The van der Waals surface area contributed by atoms with Gasteiger partial charge in [0.05, 0.1) is 0 Å². The predicted octanol–water partition coefficient (Wildman–Crippen LogP) is 3.56. The Morgan fingerprint density at radius 1 is 1.12 bits per heavy atom. The highest BCUT2D eigenvalue weighted by molar-refractivity contribution is 6.30. The van der Waals surface area contributed by atoms with Crippen molar-refractivity contribution in [2.45, 2.75) is 20.0 Å². The van der Waals surface area contributed by atoms with Crippen LogP contribution in [0, 0.1) is 6.92 Å². The zero-order valence-electron chi connectivity index (χ0n) is 13.3. The average molecular weight is 349 g/mol. The molecule has 2 rings (SSSR count). The molecule has 0 aliphatic rings. The molecule has 0 amide bonds. The fraction of sp³-hybridized carbons (Fsp3) is 0.222. The van der Waals surface area contributed by atoms with Crippen molar-refractivity contribution in [2.24, 2.45) is 0 Å². The monoisotopic (exact) mass is 348 g/mol. The Morgan fingerprint density at radius 2 is 1.83 bits per heavy atom. The van der Waals surface area contributed by atoms with Gasteiger partial charge in [-0.15, -0.1) is 0 Å². The van der Waals surface area contributed by atoms with Crippen LogP contribution in [0.5, 0.6) is 11.5 Å². The van der Waals surface area contributed by atoms with Gasteiger partial charge in [0.25, 0.3) is 0 Å². The summed E-state index contributed by atoms with van der Waals surface area (Å²) in [4.78, 5) is 23.6. The van der Waals surface area contributed by atoms with E-state index in [-0.39, 0.29) is 6.61 Å². The summed E-state index contributed by atoms with van der Waals surface area (Å²) in [6.45, 7) is 2.94. The molecule has 2 aromatic rings. The molecule has 0 spiro atoms. The second kappa shape index (κ2) is 8.36. The lowest BCUT2D eigenvalue weighted by atomic mass is 10.2. The highest BCUT2D eigenvalue weighted by atomic mass is 35.5. The van der Waals surface area contributed by atoms with Crippen molar-refractivity contribution >= 4 is 23.5 Å². The number of ether oxygens (including phenoxy) is 3. The Kier molecular flexibility index (Phi) is 6.21. The normalized spacial score (nSPS) is 11.5. The van der Waals surface area contributed by atoms with Crippen molar-refractivity contribution in [3.05, 3.63) is 59.1 Å². The minimum absolute atomic E-state index is 0.314. The molecule has 0 radical (unpaired) electrons. The van der Waals surface area contributed by atoms with Gasteiger partial charge >= 0.3 is 11.9 Å². The topological polar surface area (TPSA) is 61.8 Å². The molecule has 0 N–H and O–H groups in total. The fourth-order valence-electron chi connectivity index (χ4n) is 1.88. The number of carbonyl (C=O) groups excluding carboxylic acids is 2. The van der Waals surface area contributed by atoms with Crippen molar-refractivity contribution in [1.82, 2.24) is 0 Å². The van der Waals surface area contributed by atoms with Crippen molar-refractivity contribution in [2.75, 3.05) is 6.61 Å². The number of hydrogen-bond donors (Lipinski definition) is 0. The SMILES string of the molecule is Cc1cc(Cl)ccc1OCC(=O)OC(C)C(=O)Oc1ccccc1. The average Bonchev–Trinajstić information content (AvgIpc) is 2.55. The van der Waals surface area contributed by atoms with Crippen LogP contribution >= 0.6 is 11.6 Å². The predicted molar refractivity (Wildman–Crippen MR) is 89.3 cm³/mol. The maximum atomic E-state index is 11.9. The molecule has 0 saturated heterocycles. The largest absolute Gasteiger partial charge is 0.482 e. The number of hydrogen-bond acceptors (Lipinski definition) is 5. The van der Waals surface area contributed by atoms with E-state index in [2.05, 4.69) is 0 Å². The maximum absolute atomic E-state index is 11.9. The van der Waals surface area contributed by atoms with E-state index in [1.54, 1.807) is 48.5 Å². The van der Waals surface area contributed by atoms with E-state index < -0.39 is 18.0 Å². The molecule has 0 aromatic heterocycles. The third-order valence-corrected chi connectivity index (χ3v) is 3.32. The van der Waals surface area contributed by atoms with Crippen LogP contribution in [-0.4, -0.2) is 24.6 Å².